The van der Waals surface area contributed by atoms with Crippen molar-refractivity contribution < 1.29 is 9.21 Å². The predicted octanol–water partition coefficient (Wildman–Crippen LogP) is 2.66. The molecule has 0 spiro atoms. The summed E-state index contributed by atoms with van der Waals surface area (Å²) < 4.78 is 5.60. The van der Waals surface area contributed by atoms with Gasteiger partial charge in [-0.3, -0.25) is 4.79 Å². The van der Waals surface area contributed by atoms with Crippen LogP contribution in [0.1, 0.15) is 35.0 Å². The molecule has 0 radical (unpaired) electrons. The molecule has 5 nitrogen and oxygen atoms in total. The maximum atomic E-state index is 12.9. The molecular formula is C20H25N3O2. The van der Waals surface area contributed by atoms with Gasteiger partial charge in [-0.05, 0) is 44.0 Å². The minimum Gasteiger partial charge on any atom is -0.459 e. The molecule has 1 amide bonds. The van der Waals surface area contributed by atoms with Gasteiger partial charge in [0.1, 0.15) is 0 Å². The van der Waals surface area contributed by atoms with Crippen molar-refractivity contribution in [3.8, 4) is 0 Å². The molecule has 1 saturated heterocycles. The van der Waals surface area contributed by atoms with Crippen molar-refractivity contribution in [2.24, 2.45) is 0 Å². The van der Waals surface area contributed by atoms with Gasteiger partial charge < -0.3 is 19.5 Å². The number of nitrogens with zero attached hydrogens (tertiary/aromatic N) is 2. The third-order valence-electron chi connectivity index (χ3n) is 5.53. The second-order valence-corrected chi connectivity index (χ2v) is 7.15. The fraction of sp³-hybridized carbons (Fsp3) is 0.450. The average Bonchev–Trinajstić information content (AvgIpc) is 3.35. The number of carbonyl (C=O) groups excluding carboxylic acids is 1. The van der Waals surface area contributed by atoms with Gasteiger partial charge in [0.25, 0.3) is 5.91 Å². The van der Waals surface area contributed by atoms with E-state index in [-0.39, 0.29) is 11.9 Å². The zero-order valence-corrected chi connectivity index (χ0v) is 14.9. The number of amides is 1. The third-order valence-corrected chi connectivity index (χ3v) is 5.53. The van der Waals surface area contributed by atoms with E-state index in [2.05, 4.69) is 41.4 Å². The summed E-state index contributed by atoms with van der Waals surface area (Å²) >= 11 is 0. The molecule has 3 heterocycles. The quantitative estimate of drug-likeness (QED) is 0.930. The number of nitrogens with one attached hydrogen (secondary N) is 1. The van der Waals surface area contributed by atoms with Crippen LogP contribution in [0.25, 0.3) is 0 Å². The van der Waals surface area contributed by atoms with Gasteiger partial charge in [-0.2, -0.15) is 0 Å². The van der Waals surface area contributed by atoms with Crippen LogP contribution < -0.4 is 10.2 Å². The van der Waals surface area contributed by atoms with Crippen LogP contribution in [0.5, 0.6) is 0 Å². The first-order valence-electron chi connectivity index (χ1n) is 9.04. The van der Waals surface area contributed by atoms with Crippen LogP contribution in [0.15, 0.2) is 41.0 Å². The Hall–Kier alpha value is -2.27. The number of furan rings is 1. The molecule has 2 aliphatic heterocycles. The molecule has 2 aromatic rings. The van der Waals surface area contributed by atoms with Crippen LogP contribution in [0.2, 0.25) is 0 Å². The first kappa shape index (κ1) is 16.2. The van der Waals surface area contributed by atoms with Crippen molar-refractivity contribution in [2.45, 2.75) is 38.4 Å². The van der Waals surface area contributed by atoms with E-state index in [9.17, 15) is 4.79 Å². The van der Waals surface area contributed by atoms with Gasteiger partial charge in [-0.15, -0.1) is 0 Å². The van der Waals surface area contributed by atoms with Crippen LogP contribution in [-0.4, -0.2) is 43.0 Å². The molecule has 1 aromatic carbocycles. The lowest BCUT2D eigenvalue weighted by Crippen LogP contribution is -2.39. The third kappa shape index (κ3) is 2.93. The fourth-order valence-corrected chi connectivity index (χ4v) is 4.00. The standard InChI is InChI=1S/C20H25N3O2/c1-14-11-15-5-3-4-6-18(15)23(14)13-16-8-10-25-19(16)20(24)22(2)17-7-9-21-12-17/h3-6,8,10,14,17,21H,7,9,11-13H2,1-2H3/t14-,17-/m0/s1. The number of benzene rings is 1. The largest absolute Gasteiger partial charge is 0.459 e. The van der Waals surface area contributed by atoms with E-state index < -0.39 is 0 Å². The number of likely N-dealkylation sites (N-methyl/N-ethyl adjacent to an activating group) is 1. The highest BCUT2D eigenvalue weighted by molar-refractivity contribution is 5.93. The smallest absolute Gasteiger partial charge is 0.289 e. The summed E-state index contributed by atoms with van der Waals surface area (Å²) in [7, 11) is 1.88. The summed E-state index contributed by atoms with van der Waals surface area (Å²) in [6.07, 6.45) is 3.68. The SMILES string of the molecule is C[C@H]1Cc2ccccc2N1Cc1ccoc1C(=O)N(C)[C@H]1CCNC1. The Labute approximate surface area is 148 Å². The number of hydrogen-bond donors (Lipinski definition) is 1. The normalized spacial score (nSPS) is 22.2. The Morgan fingerprint density at radius 2 is 2.20 bits per heavy atom. The fourth-order valence-electron chi connectivity index (χ4n) is 4.00. The van der Waals surface area contributed by atoms with Crippen LogP contribution in [0, 0.1) is 0 Å². The molecule has 0 unspecified atom stereocenters. The first-order chi connectivity index (χ1) is 12.1. The second kappa shape index (κ2) is 6.56. The first-order valence-corrected chi connectivity index (χ1v) is 9.04. The van der Waals surface area contributed by atoms with Gasteiger partial charge in [-0.25, -0.2) is 0 Å². The van der Waals surface area contributed by atoms with Gasteiger partial charge in [0.05, 0.1) is 6.26 Å². The molecule has 25 heavy (non-hydrogen) atoms. The number of carbonyl (C=O) groups is 1. The Morgan fingerprint density at radius 1 is 1.36 bits per heavy atom. The lowest BCUT2D eigenvalue weighted by atomic mass is 10.1. The summed E-state index contributed by atoms with van der Waals surface area (Å²) in [5, 5.41) is 3.31. The molecule has 4 rings (SSSR count). The highest BCUT2D eigenvalue weighted by Gasteiger charge is 2.30. The Morgan fingerprint density at radius 3 is 3.00 bits per heavy atom. The van der Waals surface area contributed by atoms with Crippen molar-refractivity contribution in [1.82, 2.24) is 10.2 Å². The molecular weight excluding hydrogens is 314 g/mol. The molecule has 2 aliphatic rings. The van der Waals surface area contributed by atoms with Gasteiger partial charge in [0, 0.05) is 43.5 Å². The Kier molecular flexibility index (Phi) is 4.25. The minimum absolute atomic E-state index is 0.0196. The highest BCUT2D eigenvalue weighted by Crippen LogP contribution is 2.33. The summed E-state index contributed by atoms with van der Waals surface area (Å²) in [6, 6.07) is 11.1. The van der Waals surface area contributed by atoms with Crippen molar-refractivity contribution in [2.75, 3.05) is 25.0 Å². The minimum atomic E-state index is -0.0196. The van der Waals surface area contributed by atoms with Crippen molar-refractivity contribution in [3.05, 3.63) is 53.5 Å². The molecule has 1 aromatic heterocycles. The number of fused-ring (bicyclic) bond motifs is 1. The summed E-state index contributed by atoms with van der Waals surface area (Å²) in [4.78, 5) is 17.1. The molecule has 132 valence electrons. The lowest BCUT2D eigenvalue weighted by Gasteiger charge is -2.26. The Balaban J connectivity index is 1.55. The van der Waals surface area contributed by atoms with Gasteiger partial charge in [0.15, 0.2) is 5.76 Å². The summed E-state index contributed by atoms with van der Waals surface area (Å²) in [5.41, 5.74) is 3.61. The van der Waals surface area contributed by atoms with Crippen LogP contribution in [-0.2, 0) is 13.0 Å². The van der Waals surface area contributed by atoms with Gasteiger partial charge in [-0.1, -0.05) is 18.2 Å². The van der Waals surface area contributed by atoms with E-state index >= 15 is 0 Å². The topological polar surface area (TPSA) is 48.7 Å². The molecule has 0 aliphatic carbocycles. The van der Waals surface area contributed by atoms with E-state index in [1.807, 2.05) is 18.0 Å². The number of rotatable bonds is 4. The monoisotopic (exact) mass is 339 g/mol. The molecule has 1 N–H and O–H groups in total. The van der Waals surface area contributed by atoms with E-state index in [1.54, 1.807) is 6.26 Å². The second-order valence-electron chi connectivity index (χ2n) is 7.15. The number of hydrogen-bond acceptors (Lipinski definition) is 4. The van der Waals surface area contributed by atoms with Crippen LogP contribution in [0.3, 0.4) is 0 Å². The zero-order chi connectivity index (χ0) is 17.4. The molecule has 0 bridgehead atoms. The van der Waals surface area contributed by atoms with Crippen molar-refractivity contribution >= 4 is 11.6 Å². The average molecular weight is 339 g/mol. The predicted molar refractivity (Wildman–Crippen MR) is 97.9 cm³/mol. The highest BCUT2D eigenvalue weighted by atomic mass is 16.3. The van der Waals surface area contributed by atoms with E-state index in [0.29, 0.717) is 18.3 Å². The summed E-state index contributed by atoms with van der Waals surface area (Å²) in [5.74, 6) is 0.458. The molecule has 1 fully saturated rings. The maximum Gasteiger partial charge on any atom is 0.289 e. The van der Waals surface area contributed by atoms with Gasteiger partial charge >= 0.3 is 0 Å². The van der Waals surface area contributed by atoms with Crippen LogP contribution >= 0.6 is 0 Å². The van der Waals surface area contributed by atoms with Crippen molar-refractivity contribution in [3.63, 3.8) is 0 Å². The van der Waals surface area contributed by atoms with Crippen molar-refractivity contribution in [1.29, 1.82) is 0 Å². The zero-order valence-electron chi connectivity index (χ0n) is 14.9. The Bertz CT molecular complexity index is 764. The number of anilines is 1. The van der Waals surface area contributed by atoms with Crippen LogP contribution in [0.4, 0.5) is 5.69 Å². The lowest BCUT2D eigenvalue weighted by molar-refractivity contribution is 0.0710. The molecule has 2 atom stereocenters. The number of para-hydroxylation sites is 1. The van der Waals surface area contributed by atoms with E-state index in [1.165, 1.54) is 11.3 Å². The van der Waals surface area contributed by atoms with Gasteiger partial charge in [0.2, 0.25) is 0 Å². The summed E-state index contributed by atoms with van der Waals surface area (Å²) in [6.45, 7) is 4.76. The molecule has 5 heteroatoms. The van der Waals surface area contributed by atoms with E-state index in [4.69, 9.17) is 4.42 Å². The van der Waals surface area contributed by atoms with E-state index in [0.717, 1.165) is 31.5 Å². The maximum absolute atomic E-state index is 12.9. The molecule has 0 saturated carbocycles.